The van der Waals surface area contributed by atoms with Gasteiger partial charge in [-0.1, -0.05) is 6.07 Å². The molecule has 0 spiro atoms. The lowest BCUT2D eigenvalue weighted by molar-refractivity contribution is 0.0695. The molecule has 7 nitrogen and oxygen atoms in total. The topological polar surface area (TPSA) is 97.8 Å². The Morgan fingerprint density at radius 2 is 2.16 bits per heavy atom. The van der Waals surface area contributed by atoms with Crippen LogP contribution in [0.2, 0.25) is 0 Å². The first kappa shape index (κ1) is 16.9. The smallest absolute Gasteiger partial charge is 0.336 e. The van der Waals surface area contributed by atoms with Crippen LogP contribution in [0.1, 0.15) is 32.7 Å². The summed E-state index contributed by atoms with van der Waals surface area (Å²) < 4.78 is 10.9. The van der Waals surface area contributed by atoms with Gasteiger partial charge in [-0.2, -0.15) is 0 Å². The summed E-state index contributed by atoms with van der Waals surface area (Å²) in [7, 11) is 0. The lowest BCUT2D eigenvalue weighted by Gasteiger charge is -2.12. The number of hydrogen-bond donors (Lipinski definition) is 2. The van der Waals surface area contributed by atoms with Gasteiger partial charge in [0, 0.05) is 29.9 Å². The minimum Gasteiger partial charge on any atom is -0.478 e. The van der Waals surface area contributed by atoms with Crippen LogP contribution < -0.4 is 10.1 Å². The molecular formula is C18H18N2O5. The molecule has 7 heteroatoms. The van der Waals surface area contributed by atoms with Crippen molar-refractivity contribution in [2.75, 3.05) is 18.5 Å². The van der Waals surface area contributed by atoms with E-state index in [1.54, 1.807) is 31.2 Å². The molecule has 25 heavy (non-hydrogen) atoms. The van der Waals surface area contributed by atoms with Crippen LogP contribution in [0, 0.1) is 6.92 Å². The molecule has 1 aromatic carbocycles. The molecule has 130 valence electrons. The van der Waals surface area contributed by atoms with Gasteiger partial charge in [0.1, 0.15) is 6.10 Å². The fraction of sp³-hybridized carbons (Fsp3) is 0.278. The van der Waals surface area contributed by atoms with E-state index in [2.05, 4.69) is 10.3 Å². The molecule has 2 N–H and O–H groups in total. The minimum atomic E-state index is -1.04. The number of carboxylic acids is 1. The summed E-state index contributed by atoms with van der Waals surface area (Å²) >= 11 is 0. The number of aromatic nitrogens is 1. The molecule has 0 radical (unpaired) electrons. The number of nitrogens with zero attached hydrogens (tertiary/aromatic N) is 1. The Balaban J connectivity index is 1.72. The second-order valence-electron chi connectivity index (χ2n) is 5.78. The number of hydrogen-bond acceptors (Lipinski definition) is 5. The second-order valence-corrected chi connectivity index (χ2v) is 5.78. The number of nitrogens with one attached hydrogen (secondary N) is 1. The highest BCUT2D eigenvalue weighted by Gasteiger charge is 2.18. The Hall–Kier alpha value is -2.93. The summed E-state index contributed by atoms with van der Waals surface area (Å²) in [5, 5.41) is 11.9. The number of benzene rings is 1. The number of carbonyl (C=O) groups is 2. The van der Waals surface area contributed by atoms with Gasteiger partial charge >= 0.3 is 5.97 Å². The number of ether oxygens (including phenoxy) is 2. The number of amides is 1. The van der Waals surface area contributed by atoms with Gasteiger partial charge < -0.3 is 19.9 Å². The van der Waals surface area contributed by atoms with Crippen molar-refractivity contribution in [3.8, 4) is 5.88 Å². The first-order valence-electron chi connectivity index (χ1n) is 7.88. The first-order valence-corrected chi connectivity index (χ1v) is 7.88. The molecule has 1 aromatic heterocycles. The quantitative estimate of drug-likeness (QED) is 0.866. The van der Waals surface area contributed by atoms with E-state index in [1.165, 1.54) is 12.3 Å². The van der Waals surface area contributed by atoms with Crippen molar-refractivity contribution in [3.63, 3.8) is 0 Å². The highest BCUT2D eigenvalue weighted by atomic mass is 16.5. The van der Waals surface area contributed by atoms with Gasteiger partial charge in [0.15, 0.2) is 0 Å². The van der Waals surface area contributed by atoms with Gasteiger partial charge in [-0.25, -0.2) is 9.78 Å². The molecule has 1 atom stereocenters. The van der Waals surface area contributed by atoms with Crippen LogP contribution in [0.5, 0.6) is 5.88 Å². The Morgan fingerprint density at radius 3 is 2.88 bits per heavy atom. The van der Waals surface area contributed by atoms with Gasteiger partial charge in [0.05, 0.1) is 18.8 Å². The molecule has 0 unspecified atom stereocenters. The summed E-state index contributed by atoms with van der Waals surface area (Å²) in [6.45, 7) is 2.87. The second kappa shape index (κ2) is 7.31. The zero-order chi connectivity index (χ0) is 17.8. The molecule has 3 rings (SSSR count). The molecule has 0 bridgehead atoms. The van der Waals surface area contributed by atoms with Crippen LogP contribution in [0.25, 0.3) is 0 Å². The van der Waals surface area contributed by atoms with Crippen LogP contribution in [0.15, 0.2) is 36.5 Å². The molecule has 1 saturated heterocycles. The van der Waals surface area contributed by atoms with Crippen molar-refractivity contribution in [2.45, 2.75) is 19.4 Å². The molecule has 2 heterocycles. The normalized spacial score (nSPS) is 16.4. The lowest BCUT2D eigenvalue weighted by Crippen LogP contribution is -2.17. The van der Waals surface area contributed by atoms with Crippen molar-refractivity contribution in [1.29, 1.82) is 0 Å². The van der Waals surface area contributed by atoms with E-state index in [4.69, 9.17) is 14.6 Å². The Labute approximate surface area is 144 Å². The van der Waals surface area contributed by atoms with E-state index >= 15 is 0 Å². The van der Waals surface area contributed by atoms with Crippen LogP contribution in [-0.2, 0) is 4.74 Å². The fourth-order valence-electron chi connectivity index (χ4n) is 2.53. The van der Waals surface area contributed by atoms with Gasteiger partial charge in [-0.15, -0.1) is 0 Å². The Morgan fingerprint density at radius 1 is 1.32 bits per heavy atom. The standard InChI is InChI=1S/C18H18N2O5/c1-11-2-3-13(9-15(11)18(22)23)20-17(21)12-4-6-19-16(8-12)25-14-5-7-24-10-14/h2-4,6,8-9,14H,5,7,10H2,1H3,(H,20,21)(H,22,23)/t14-/m0/s1. The molecule has 1 amide bonds. The van der Waals surface area contributed by atoms with E-state index in [0.717, 1.165) is 6.42 Å². The average Bonchev–Trinajstić information content (AvgIpc) is 3.09. The molecule has 2 aromatic rings. The van der Waals surface area contributed by atoms with Crippen molar-refractivity contribution < 1.29 is 24.2 Å². The number of pyridine rings is 1. The summed E-state index contributed by atoms with van der Waals surface area (Å²) in [6, 6.07) is 7.87. The predicted molar refractivity (Wildman–Crippen MR) is 90.2 cm³/mol. The van der Waals surface area contributed by atoms with E-state index < -0.39 is 5.97 Å². The number of carboxylic acid groups (broad SMARTS) is 1. The third-order valence-corrected chi connectivity index (χ3v) is 3.90. The third kappa shape index (κ3) is 4.13. The van der Waals surface area contributed by atoms with Gasteiger partial charge in [0.25, 0.3) is 5.91 Å². The summed E-state index contributed by atoms with van der Waals surface area (Å²) in [5.41, 5.74) is 1.57. The maximum Gasteiger partial charge on any atom is 0.336 e. The Bertz CT molecular complexity index is 800. The lowest BCUT2D eigenvalue weighted by atomic mass is 10.1. The summed E-state index contributed by atoms with van der Waals surface area (Å²) in [6.07, 6.45) is 2.23. The van der Waals surface area contributed by atoms with Crippen LogP contribution >= 0.6 is 0 Å². The molecule has 1 aliphatic heterocycles. The monoisotopic (exact) mass is 342 g/mol. The van der Waals surface area contributed by atoms with Crippen molar-refractivity contribution in [2.24, 2.45) is 0 Å². The van der Waals surface area contributed by atoms with Crippen molar-refractivity contribution in [3.05, 3.63) is 53.2 Å². The van der Waals surface area contributed by atoms with E-state index in [9.17, 15) is 9.59 Å². The summed E-state index contributed by atoms with van der Waals surface area (Å²) in [4.78, 5) is 27.7. The number of rotatable bonds is 5. The zero-order valence-corrected chi connectivity index (χ0v) is 13.7. The minimum absolute atomic E-state index is 0.0546. The van der Waals surface area contributed by atoms with Gasteiger partial charge in [-0.3, -0.25) is 4.79 Å². The van der Waals surface area contributed by atoms with E-state index in [1.807, 2.05) is 0 Å². The number of anilines is 1. The van der Waals surface area contributed by atoms with Crippen LogP contribution in [-0.4, -0.2) is 41.3 Å². The molecule has 1 fully saturated rings. The van der Waals surface area contributed by atoms with Crippen LogP contribution in [0.4, 0.5) is 5.69 Å². The highest BCUT2D eigenvalue weighted by Crippen LogP contribution is 2.19. The maximum absolute atomic E-state index is 12.4. The highest BCUT2D eigenvalue weighted by molar-refractivity contribution is 6.05. The molecule has 1 aliphatic rings. The fourth-order valence-corrected chi connectivity index (χ4v) is 2.53. The maximum atomic E-state index is 12.4. The van der Waals surface area contributed by atoms with Crippen LogP contribution in [0.3, 0.4) is 0 Å². The number of carbonyl (C=O) groups excluding carboxylic acids is 1. The van der Waals surface area contributed by atoms with Gasteiger partial charge in [0.2, 0.25) is 5.88 Å². The average molecular weight is 342 g/mol. The zero-order valence-electron chi connectivity index (χ0n) is 13.7. The van der Waals surface area contributed by atoms with Crippen molar-refractivity contribution >= 4 is 17.6 Å². The molecular weight excluding hydrogens is 324 g/mol. The van der Waals surface area contributed by atoms with E-state index in [-0.39, 0.29) is 17.6 Å². The Kier molecular flexibility index (Phi) is 4.95. The molecule has 0 aliphatic carbocycles. The number of aryl methyl sites for hydroxylation is 1. The SMILES string of the molecule is Cc1ccc(NC(=O)c2ccnc(O[C@H]3CCOC3)c2)cc1C(=O)O. The number of aromatic carboxylic acids is 1. The largest absolute Gasteiger partial charge is 0.478 e. The van der Waals surface area contributed by atoms with E-state index in [0.29, 0.717) is 35.9 Å². The third-order valence-electron chi connectivity index (χ3n) is 3.90. The molecule has 0 saturated carbocycles. The van der Waals surface area contributed by atoms with Gasteiger partial charge in [-0.05, 0) is 30.7 Å². The van der Waals surface area contributed by atoms with Crippen molar-refractivity contribution in [1.82, 2.24) is 4.98 Å². The summed E-state index contributed by atoms with van der Waals surface area (Å²) in [5.74, 6) is -1.04. The predicted octanol–water partition coefficient (Wildman–Crippen LogP) is 2.51. The first-order chi connectivity index (χ1) is 12.0.